The van der Waals surface area contributed by atoms with E-state index in [1.54, 1.807) is 0 Å². The zero-order valence-corrected chi connectivity index (χ0v) is 21.1. The molecule has 1 aromatic carbocycles. The number of ether oxygens (including phenoxy) is 1. The fourth-order valence-electron chi connectivity index (χ4n) is 4.93. The zero-order chi connectivity index (χ0) is 23.7. The molecule has 2 rings (SSSR count). The number of rotatable bonds is 12. The maximum atomic E-state index is 11.2. The van der Waals surface area contributed by atoms with Gasteiger partial charge in [0.2, 0.25) is 0 Å². The number of esters is 1. The summed E-state index contributed by atoms with van der Waals surface area (Å²) in [5.41, 5.74) is 2.35. The van der Waals surface area contributed by atoms with E-state index in [1.807, 2.05) is 12.1 Å². The molecule has 182 valence electrons. The first kappa shape index (κ1) is 27.1. The van der Waals surface area contributed by atoms with E-state index in [0.29, 0.717) is 12.8 Å². The van der Waals surface area contributed by atoms with E-state index in [1.165, 1.54) is 7.11 Å². The van der Waals surface area contributed by atoms with Gasteiger partial charge in [-0.1, -0.05) is 70.7 Å². The topological polar surface area (TPSA) is 66.8 Å². The minimum Gasteiger partial charge on any atom is -0.469 e. The van der Waals surface area contributed by atoms with Gasteiger partial charge in [-0.25, -0.2) is 0 Å². The minimum absolute atomic E-state index is 0.0206. The highest BCUT2D eigenvalue weighted by Crippen LogP contribution is 2.45. The third-order valence-electron chi connectivity index (χ3n) is 6.81. The summed E-state index contributed by atoms with van der Waals surface area (Å²) in [6, 6.07) is 8.15. The van der Waals surface area contributed by atoms with Crippen LogP contribution in [0.4, 0.5) is 0 Å². The number of halogens is 1. The van der Waals surface area contributed by atoms with Crippen LogP contribution < -0.4 is 0 Å². The lowest BCUT2D eigenvalue weighted by atomic mass is 9.83. The maximum Gasteiger partial charge on any atom is 0.305 e. The molecule has 1 saturated carbocycles. The Morgan fingerprint density at radius 2 is 1.78 bits per heavy atom. The Balaban J connectivity index is 1.88. The highest BCUT2D eigenvalue weighted by atomic mass is 35.5. The molecule has 0 heterocycles. The lowest BCUT2D eigenvalue weighted by Crippen LogP contribution is -2.19. The van der Waals surface area contributed by atoms with Crippen molar-refractivity contribution >= 4 is 17.6 Å². The van der Waals surface area contributed by atoms with Crippen molar-refractivity contribution in [1.29, 1.82) is 0 Å². The second kappa shape index (κ2) is 13.0. The maximum absolute atomic E-state index is 11.2. The quantitative estimate of drug-likeness (QED) is 0.209. The van der Waals surface area contributed by atoms with Gasteiger partial charge in [-0.3, -0.25) is 4.79 Å². The van der Waals surface area contributed by atoms with Crippen molar-refractivity contribution in [2.45, 2.75) is 108 Å². The van der Waals surface area contributed by atoms with E-state index in [0.717, 1.165) is 62.5 Å². The Bertz CT molecular complexity index is 682. The first-order valence-electron chi connectivity index (χ1n) is 12.3. The largest absolute Gasteiger partial charge is 0.469 e. The number of methoxy groups -OCH3 is 1. The van der Waals surface area contributed by atoms with E-state index < -0.39 is 12.2 Å². The Morgan fingerprint density at radius 1 is 1.12 bits per heavy atom. The highest BCUT2D eigenvalue weighted by molar-refractivity contribution is 6.21. The molecule has 0 saturated heterocycles. The monoisotopic (exact) mass is 466 g/mol. The summed E-state index contributed by atoms with van der Waals surface area (Å²) >= 11 is 6.63. The van der Waals surface area contributed by atoms with Crippen molar-refractivity contribution in [3.8, 4) is 0 Å². The lowest BCUT2D eigenvalue weighted by molar-refractivity contribution is -0.140. The third-order valence-corrected chi connectivity index (χ3v) is 7.32. The molecule has 32 heavy (non-hydrogen) atoms. The molecule has 4 nitrogen and oxygen atoms in total. The number of carbonyl (C=O) groups is 1. The number of alkyl halides is 1. The number of aliphatic hydroxyl groups excluding tert-OH is 2. The van der Waals surface area contributed by atoms with Crippen LogP contribution in [-0.4, -0.2) is 34.8 Å². The van der Waals surface area contributed by atoms with Crippen LogP contribution in [-0.2, 0) is 9.53 Å². The molecular weight excluding hydrogens is 424 g/mol. The molecule has 0 aromatic heterocycles. The number of carbonyl (C=O) groups excluding carboxylic acids is 1. The molecule has 0 spiro atoms. The average molecular weight is 467 g/mol. The molecule has 5 atom stereocenters. The smallest absolute Gasteiger partial charge is 0.305 e. The lowest BCUT2D eigenvalue weighted by Gasteiger charge is -2.24. The van der Waals surface area contributed by atoms with Gasteiger partial charge < -0.3 is 14.9 Å². The normalized spacial score (nSPS) is 24.5. The summed E-state index contributed by atoms with van der Waals surface area (Å²) in [6.45, 7) is 6.68. The molecule has 1 aliphatic carbocycles. The summed E-state index contributed by atoms with van der Waals surface area (Å²) in [5.74, 6) is 0.141. The molecule has 0 radical (unpaired) electrons. The number of unbranched alkanes of at least 4 members (excludes halogenated alkanes) is 3. The Kier molecular flexibility index (Phi) is 11.0. The van der Waals surface area contributed by atoms with Crippen LogP contribution in [0.25, 0.3) is 0 Å². The zero-order valence-electron chi connectivity index (χ0n) is 20.4. The summed E-state index contributed by atoms with van der Waals surface area (Å²) in [4.78, 5) is 11.2. The predicted octanol–water partition coefficient (Wildman–Crippen LogP) is 6.52. The summed E-state index contributed by atoms with van der Waals surface area (Å²) in [6.07, 6.45) is 8.03. The van der Waals surface area contributed by atoms with E-state index in [9.17, 15) is 15.0 Å². The van der Waals surface area contributed by atoms with Gasteiger partial charge in [0, 0.05) is 17.7 Å². The van der Waals surface area contributed by atoms with Crippen LogP contribution in [0.2, 0.25) is 0 Å². The number of benzene rings is 1. The van der Waals surface area contributed by atoms with Crippen LogP contribution in [0.5, 0.6) is 0 Å². The molecular formula is C27H43ClO4. The summed E-state index contributed by atoms with van der Waals surface area (Å²) in [7, 11) is 1.43. The standard InChI is InChI=1S/C27H43ClO4/c1-27(2,3)17-9-11-23(29)19-13-15-20(16-14-19)26-21(22(28)18-24(26)30)10-7-5-6-8-12-25(31)32-4/h13-16,21-24,26,29-30H,5-12,17-18H2,1-4H3. The molecule has 1 aliphatic rings. The SMILES string of the molecule is COC(=O)CCCCCCC1C(Cl)CC(O)C1c1ccc(C(O)CCCC(C)(C)C)cc1. The van der Waals surface area contributed by atoms with Crippen LogP contribution >= 0.6 is 11.6 Å². The second-order valence-corrected chi connectivity index (χ2v) is 11.2. The van der Waals surface area contributed by atoms with Gasteiger partial charge in [0.15, 0.2) is 0 Å². The number of hydrogen-bond acceptors (Lipinski definition) is 4. The van der Waals surface area contributed by atoms with Crippen molar-refractivity contribution in [3.63, 3.8) is 0 Å². The van der Waals surface area contributed by atoms with Crippen molar-refractivity contribution in [2.75, 3.05) is 7.11 Å². The average Bonchev–Trinajstić information content (AvgIpc) is 3.02. The number of hydrogen-bond donors (Lipinski definition) is 2. The van der Waals surface area contributed by atoms with Gasteiger partial charge in [-0.05, 0) is 54.6 Å². The Labute approximate surface area is 199 Å². The highest BCUT2D eigenvalue weighted by Gasteiger charge is 2.41. The second-order valence-electron chi connectivity index (χ2n) is 10.7. The third kappa shape index (κ3) is 8.68. The summed E-state index contributed by atoms with van der Waals surface area (Å²) < 4.78 is 4.68. The number of aliphatic hydroxyl groups is 2. The van der Waals surface area contributed by atoms with Crippen molar-refractivity contribution in [3.05, 3.63) is 35.4 Å². The van der Waals surface area contributed by atoms with Crippen LogP contribution in [0, 0.1) is 11.3 Å². The summed E-state index contributed by atoms with van der Waals surface area (Å²) in [5, 5.41) is 21.2. The van der Waals surface area contributed by atoms with Crippen molar-refractivity contribution in [2.24, 2.45) is 11.3 Å². The molecule has 5 unspecified atom stereocenters. The van der Waals surface area contributed by atoms with Crippen LogP contribution in [0.15, 0.2) is 24.3 Å². The first-order valence-corrected chi connectivity index (χ1v) is 12.7. The Hall–Kier alpha value is -1.10. The van der Waals surface area contributed by atoms with E-state index in [-0.39, 0.29) is 28.6 Å². The fourth-order valence-corrected chi connectivity index (χ4v) is 5.40. The molecule has 1 aromatic rings. The van der Waals surface area contributed by atoms with Crippen LogP contribution in [0.1, 0.15) is 108 Å². The minimum atomic E-state index is -0.443. The van der Waals surface area contributed by atoms with Gasteiger partial charge >= 0.3 is 5.97 Å². The molecule has 0 aliphatic heterocycles. The molecule has 0 amide bonds. The molecule has 0 bridgehead atoms. The van der Waals surface area contributed by atoms with Crippen LogP contribution in [0.3, 0.4) is 0 Å². The van der Waals surface area contributed by atoms with E-state index in [2.05, 4.69) is 37.6 Å². The van der Waals surface area contributed by atoms with Crippen molar-refractivity contribution < 1.29 is 19.7 Å². The van der Waals surface area contributed by atoms with Gasteiger partial charge in [0.1, 0.15) is 0 Å². The van der Waals surface area contributed by atoms with E-state index in [4.69, 9.17) is 11.6 Å². The van der Waals surface area contributed by atoms with E-state index >= 15 is 0 Å². The van der Waals surface area contributed by atoms with Gasteiger partial charge in [-0.15, -0.1) is 11.6 Å². The van der Waals surface area contributed by atoms with Gasteiger partial charge in [0.05, 0.1) is 19.3 Å². The fraction of sp³-hybridized carbons (Fsp3) is 0.741. The van der Waals surface area contributed by atoms with Crippen molar-refractivity contribution in [1.82, 2.24) is 0 Å². The molecule has 5 heteroatoms. The Morgan fingerprint density at radius 3 is 2.41 bits per heavy atom. The molecule has 1 fully saturated rings. The van der Waals surface area contributed by atoms with Gasteiger partial charge in [0.25, 0.3) is 0 Å². The molecule has 2 N–H and O–H groups in total. The van der Waals surface area contributed by atoms with Gasteiger partial charge in [-0.2, -0.15) is 0 Å². The predicted molar refractivity (Wildman–Crippen MR) is 131 cm³/mol. The first-order chi connectivity index (χ1) is 15.1.